The number of anilines is 2. The van der Waals surface area contributed by atoms with E-state index >= 15 is 0 Å². The number of rotatable bonds is 6. The summed E-state index contributed by atoms with van der Waals surface area (Å²) in [5, 5.41) is 2.69. The molecule has 0 atom stereocenters. The van der Waals surface area contributed by atoms with Gasteiger partial charge >= 0.3 is 0 Å². The smallest absolute Gasteiger partial charge is 0.250 e. The molecular weight excluding hydrogens is 244 g/mol. The zero-order valence-electron chi connectivity index (χ0n) is 9.64. The molecule has 6 heteroatoms. The number of carbonyl (C=O) groups excluding carboxylic acids is 1. The maximum atomic E-state index is 11.4. The highest BCUT2D eigenvalue weighted by Crippen LogP contribution is 2.09. The summed E-state index contributed by atoms with van der Waals surface area (Å²) in [4.78, 5) is 11.4. The van der Waals surface area contributed by atoms with Crippen molar-refractivity contribution in [3.63, 3.8) is 0 Å². The van der Waals surface area contributed by atoms with Crippen molar-refractivity contribution in [2.75, 3.05) is 38.0 Å². The van der Waals surface area contributed by atoms with E-state index in [0.717, 1.165) is 0 Å². The topological polar surface area (TPSA) is 73.6 Å². The van der Waals surface area contributed by atoms with Crippen molar-refractivity contribution in [2.24, 2.45) is 0 Å². The number of benzene rings is 1. The maximum absolute atomic E-state index is 11.4. The molecule has 0 aliphatic rings. The van der Waals surface area contributed by atoms with Crippen molar-refractivity contribution in [1.29, 1.82) is 0 Å². The third-order valence-electron chi connectivity index (χ3n) is 1.86. The average Bonchev–Trinajstić information content (AvgIpc) is 2.28. The molecule has 1 aromatic rings. The van der Waals surface area contributed by atoms with Crippen LogP contribution in [0.3, 0.4) is 0 Å². The number of carbonyl (C=O) groups is 1. The van der Waals surface area contributed by atoms with Gasteiger partial charge in [0, 0.05) is 18.5 Å². The number of ether oxygens (including phenoxy) is 2. The van der Waals surface area contributed by atoms with Crippen molar-refractivity contribution in [2.45, 2.75) is 0 Å². The van der Waals surface area contributed by atoms with Crippen LogP contribution in [0.25, 0.3) is 0 Å². The molecule has 0 aliphatic carbocycles. The average molecular weight is 261 g/mol. The van der Waals surface area contributed by atoms with Gasteiger partial charge < -0.3 is 20.5 Å². The number of nitrogens with one attached hydrogen (secondary N) is 1. The first-order valence-electron chi connectivity index (χ1n) is 4.94. The normalized spacial score (nSPS) is 9.47. The van der Waals surface area contributed by atoms with Gasteiger partial charge in [-0.25, -0.2) is 0 Å². The van der Waals surface area contributed by atoms with Crippen molar-refractivity contribution in [3.05, 3.63) is 24.3 Å². The molecule has 0 saturated carbocycles. The van der Waals surface area contributed by atoms with Crippen molar-refractivity contribution >= 4 is 29.7 Å². The van der Waals surface area contributed by atoms with Crippen molar-refractivity contribution in [3.8, 4) is 0 Å². The number of nitrogen functional groups attached to an aromatic ring is 1. The van der Waals surface area contributed by atoms with Crippen LogP contribution in [0.4, 0.5) is 11.4 Å². The molecule has 0 unspecified atom stereocenters. The Bertz CT molecular complexity index is 330. The lowest BCUT2D eigenvalue weighted by atomic mass is 10.3. The SMILES string of the molecule is COCCOCC(=O)Nc1ccc(N)cc1.Cl. The Morgan fingerprint density at radius 2 is 1.94 bits per heavy atom. The standard InChI is InChI=1S/C11H16N2O3.ClH/c1-15-6-7-16-8-11(14)13-10-4-2-9(12)3-5-10;/h2-5H,6-8,12H2,1H3,(H,13,14);1H. The zero-order valence-corrected chi connectivity index (χ0v) is 10.5. The highest BCUT2D eigenvalue weighted by Gasteiger charge is 2.01. The summed E-state index contributed by atoms with van der Waals surface area (Å²) in [5.41, 5.74) is 6.88. The van der Waals surface area contributed by atoms with Gasteiger partial charge in [0.1, 0.15) is 6.61 Å². The number of methoxy groups -OCH3 is 1. The monoisotopic (exact) mass is 260 g/mol. The number of amides is 1. The van der Waals surface area contributed by atoms with Crippen LogP contribution in [0, 0.1) is 0 Å². The summed E-state index contributed by atoms with van der Waals surface area (Å²) < 4.78 is 9.85. The second kappa shape index (κ2) is 8.81. The molecule has 1 amide bonds. The van der Waals surface area contributed by atoms with E-state index in [1.807, 2.05) is 0 Å². The van der Waals surface area contributed by atoms with E-state index < -0.39 is 0 Å². The van der Waals surface area contributed by atoms with Gasteiger partial charge in [-0.05, 0) is 24.3 Å². The van der Waals surface area contributed by atoms with Crippen LogP contribution in [0.5, 0.6) is 0 Å². The number of hydrogen-bond acceptors (Lipinski definition) is 4. The molecule has 3 N–H and O–H groups in total. The maximum Gasteiger partial charge on any atom is 0.250 e. The van der Waals surface area contributed by atoms with Crippen LogP contribution in [-0.4, -0.2) is 32.8 Å². The third kappa shape index (κ3) is 6.78. The van der Waals surface area contributed by atoms with E-state index in [1.54, 1.807) is 31.4 Å². The molecule has 1 aromatic carbocycles. The van der Waals surface area contributed by atoms with Gasteiger partial charge in [-0.2, -0.15) is 0 Å². The Hall–Kier alpha value is -1.30. The summed E-state index contributed by atoms with van der Waals surface area (Å²) in [5.74, 6) is -0.194. The summed E-state index contributed by atoms with van der Waals surface area (Å²) in [6.45, 7) is 0.911. The van der Waals surface area contributed by atoms with Gasteiger partial charge in [-0.15, -0.1) is 12.4 Å². The molecular formula is C11H17ClN2O3. The van der Waals surface area contributed by atoms with E-state index in [-0.39, 0.29) is 24.9 Å². The molecule has 0 saturated heterocycles. The fourth-order valence-corrected chi connectivity index (χ4v) is 1.07. The van der Waals surface area contributed by atoms with Crippen molar-refractivity contribution < 1.29 is 14.3 Å². The third-order valence-corrected chi connectivity index (χ3v) is 1.86. The van der Waals surface area contributed by atoms with E-state index in [1.165, 1.54) is 0 Å². The predicted octanol–water partition coefficient (Wildman–Crippen LogP) is 1.29. The molecule has 0 fully saturated rings. The molecule has 17 heavy (non-hydrogen) atoms. The first kappa shape index (κ1) is 15.7. The molecule has 0 heterocycles. The molecule has 0 radical (unpaired) electrons. The van der Waals surface area contributed by atoms with Gasteiger partial charge in [-0.1, -0.05) is 0 Å². The highest BCUT2D eigenvalue weighted by molar-refractivity contribution is 5.91. The lowest BCUT2D eigenvalue weighted by Crippen LogP contribution is -2.19. The summed E-state index contributed by atoms with van der Waals surface area (Å²) in [6.07, 6.45) is 0. The van der Waals surface area contributed by atoms with Gasteiger partial charge in [0.05, 0.1) is 13.2 Å². The minimum absolute atomic E-state index is 0. The molecule has 5 nitrogen and oxygen atoms in total. The second-order valence-electron chi connectivity index (χ2n) is 3.22. The summed E-state index contributed by atoms with van der Waals surface area (Å²) in [7, 11) is 1.58. The van der Waals surface area contributed by atoms with Gasteiger partial charge in [0.15, 0.2) is 0 Å². The lowest BCUT2D eigenvalue weighted by Gasteiger charge is -2.06. The highest BCUT2D eigenvalue weighted by atomic mass is 35.5. The Labute approximate surface area is 107 Å². The van der Waals surface area contributed by atoms with E-state index in [9.17, 15) is 4.79 Å². The Balaban J connectivity index is 0.00000256. The van der Waals surface area contributed by atoms with E-state index in [4.69, 9.17) is 15.2 Å². The molecule has 0 bridgehead atoms. The van der Waals surface area contributed by atoms with Crippen LogP contribution in [0.2, 0.25) is 0 Å². The Kier molecular flexibility index (Phi) is 8.13. The lowest BCUT2D eigenvalue weighted by molar-refractivity contribution is -0.121. The molecule has 0 spiro atoms. The number of nitrogens with two attached hydrogens (primary N) is 1. The number of hydrogen-bond donors (Lipinski definition) is 2. The molecule has 96 valence electrons. The van der Waals surface area contributed by atoms with Crippen LogP contribution in [-0.2, 0) is 14.3 Å². The molecule has 0 aliphatic heterocycles. The van der Waals surface area contributed by atoms with Crippen LogP contribution >= 0.6 is 12.4 Å². The van der Waals surface area contributed by atoms with E-state index in [0.29, 0.717) is 24.6 Å². The van der Waals surface area contributed by atoms with Crippen LogP contribution < -0.4 is 11.1 Å². The predicted molar refractivity (Wildman–Crippen MR) is 69.4 cm³/mol. The van der Waals surface area contributed by atoms with Crippen LogP contribution in [0.1, 0.15) is 0 Å². The van der Waals surface area contributed by atoms with E-state index in [2.05, 4.69) is 5.32 Å². The van der Waals surface area contributed by atoms with Gasteiger partial charge in [0.2, 0.25) is 5.91 Å². The largest absolute Gasteiger partial charge is 0.399 e. The number of halogens is 1. The fourth-order valence-electron chi connectivity index (χ4n) is 1.07. The van der Waals surface area contributed by atoms with Gasteiger partial charge in [-0.3, -0.25) is 4.79 Å². The first-order valence-corrected chi connectivity index (χ1v) is 4.94. The first-order chi connectivity index (χ1) is 7.72. The Morgan fingerprint density at radius 1 is 1.29 bits per heavy atom. The minimum Gasteiger partial charge on any atom is -0.399 e. The van der Waals surface area contributed by atoms with Gasteiger partial charge in [0.25, 0.3) is 0 Å². The van der Waals surface area contributed by atoms with Crippen molar-refractivity contribution in [1.82, 2.24) is 0 Å². The Morgan fingerprint density at radius 3 is 2.53 bits per heavy atom. The van der Waals surface area contributed by atoms with Crippen LogP contribution in [0.15, 0.2) is 24.3 Å². The molecule has 1 rings (SSSR count). The zero-order chi connectivity index (χ0) is 11.8. The quantitative estimate of drug-likeness (QED) is 0.597. The molecule has 0 aromatic heterocycles. The summed E-state index contributed by atoms with van der Waals surface area (Å²) >= 11 is 0. The fraction of sp³-hybridized carbons (Fsp3) is 0.364. The summed E-state index contributed by atoms with van der Waals surface area (Å²) in [6, 6.07) is 6.92. The second-order valence-corrected chi connectivity index (χ2v) is 3.22. The minimum atomic E-state index is -0.194.